The van der Waals surface area contributed by atoms with E-state index < -0.39 is 5.97 Å². The van der Waals surface area contributed by atoms with Crippen LogP contribution in [0.2, 0.25) is 0 Å². The highest BCUT2D eigenvalue weighted by Gasteiger charge is 2.25. The van der Waals surface area contributed by atoms with E-state index in [0.717, 1.165) is 6.54 Å². The van der Waals surface area contributed by atoms with Crippen LogP contribution in [-0.4, -0.2) is 34.3 Å². The third kappa shape index (κ3) is 2.79. The van der Waals surface area contributed by atoms with Crippen LogP contribution in [0.15, 0.2) is 0 Å². The molecule has 0 aliphatic heterocycles. The Morgan fingerprint density at radius 1 is 1.50 bits per heavy atom. The predicted molar refractivity (Wildman–Crippen MR) is 59.0 cm³/mol. The number of aromatic amines is 1. The molecule has 0 amide bonds. The number of hydrogen-bond donors (Lipinski definition) is 2. The SMILES string of the molecule is CCNC(C)(C)c1nc(C(=O)OCC)n[nH]1. The number of carbonyl (C=O) groups is 1. The number of nitrogens with one attached hydrogen (secondary N) is 2. The van der Waals surface area contributed by atoms with Gasteiger partial charge in [-0.15, -0.1) is 5.10 Å². The molecule has 6 nitrogen and oxygen atoms in total. The molecule has 16 heavy (non-hydrogen) atoms. The van der Waals surface area contributed by atoms with Gasteiger partial charge in [0.15, 0.2) is 0 Å². The highest BCUT2D eigenvalue weighted by atomic mass is 16.5. The van der Waals surface area contributed by atoms with E-state index in [0.29, 0.717) is 12.4 Å². The zero-order chi connectivity index (χ0) is 12.2. The van der Waals surface area contributed by atoms with Crippen molar-refractivity contribution in [2.24, 2.45) is 0 Å². The average Bonchev–Trinajstić information content (AvgIpc) is 2.67. The van der Waals surface area contributed by atoms with Crippen molar-refractivity contribution in [1.29, 1.82) is 0 Å². The van der Waals surface area contributed by atoms with Crippen LogP contribution in [0.25, 0.3) is 0 Å². The van der Waals surface area contributed by atoms with E-state index in [4.69, 9.17) is 4.74 Å². The van der Waals surface area contributed by atoms with Gasteiger partial charge in [0.05, 0.1) is 12.1 Å². The molecule has 0 aliphatic carbocycles. The van der Waals surface area contributed by atoms with Gasteiger partial charge in [-0.2, -0.15) is 0 Å². The normalized spacial score (nSPS) is 11.5. The molecular formula is C10H18N4O2. The molecule has 0 radical (unpaired) electrons. The van der Waals surface area contributed by atoms with E-state index in [2.05, 4.69) is 20.5 Å². The molecular weight excluding hydrogens is 208 g/mol. The van der Waals surface area contributed by atoms with Gasteiger partial charge in [0.1, 0.15) is 5.82 Å². The molecule has 0 fully saturated rings. The Labute approximate surface area is 94.8 Å². The molecule has 1 aromatic rings. The molecule has 1 rings (SSSR count). The van der Waals surface area contributed by atoms with Crippen molar-refractivity contribution in [3.05, 3.63) is 11.6 Å². The summed E-state index contributed by atoms with van der Waals surface area (Å²) in [5.41, 5.74) is -0.341. The summed E-state index contributed by atoms with van der Waals surface area (Å²) in [6.45, 7) is 8.80. The van der Waals surface area contributed by atoms with E-state index in [1.54, 1.807) is 6.92 Å². The second-order valence-electron chi connectivity index (χ2n) is 3.88. The lowest BCUT2D eigenvalue weighted by Gasteiger charge is -2.22. The molecule has 0 bridgehead atoms. The summed E-state index contributed by atoms with van der Waals surface area (Å²) in [7, 11) is 0. The largest absolute Gasteiger partial charge is 0.460 e. The lowest BCUT2D eigenvalue weighted by molar-refractivity contribution is 0.0512. The number of aromatic nitrogens is 3. The molecule has 1 aromatic heterocycles. The van der Waals surface area contributed by atoms with Crippen LogP contribution < -0.4 is 5.32 Å². The van der Waals surface area contributed by atoms with Crippen LogP contribution in [0.5, 0.6) is 0 Å². The number of rotatable bonds is 5. The fourth-order valence-electron chi connectivity index (χ4n) is 1.35. The number of esters is 1. The minimum Gasteiger partial charge on any atom is -0.460 e. The lowest BCUT2D eigenvalue weighted by Crippen LogP contribution is -2.37. The number of H-pyrrole nitrogens is 1. The highest BCUT2D eigenvalue weighted by Crippen LogP contribution is 2.15. The average molecular weight is 226 g/mol. The van der Waals surface area contributed by atoms with Gasteiger partial charge in [0.25, 0.3) is 5.82 Å². The van der Waals surface area contributed by atoms with Crippen LogP contribution in [0.1, 0.15) is 44.1 Å². The third-order valence-electron chi connectivity index (χ3n) is 2.15. The van der Waals surface area contributed by atoms with Gasteiger partial charge < -0.3 is 10.1 Å². The fraction of sp³-hybridized carbons (Fsp3) is 0.700. The lowest BCUT2D eigenvalue weighted by atomic mass is 10.1. The van der Waals surface area contributed by atoms with Crippen molar-refractivity contribution in [3.8, 4) is 0 Å². The van der Waals surface area contributed by atoms with Crippen molar-refractivity contribution in [2.75, 3.05) is 13.2 Å². The Morgan fingerprint density at radius 2 is 2.19 bits per heavy atom. The monoisotopic (exact) mass is 226 g/mol. The molecule has 0 aliphatic rings. The maximum absolute atomic E-state index is 11.4. The minimum atomic E-state index is -0.503. The van der Waals surface area contributed by atoms with E-state index in [1.165, 1.54) is 0 Å². The zero-order valence-electron chi connectivity index (χ0n) is 10.1. The van der Waals surface area contributed by atoms with E-state index >= 15 is 0 Å². The van der Waals surface area contributed by atoms with Gasteiger partial charge in [-0.25, -0.2) is 9.78 Å². The summed E-state index contributed by atoms with van der Waals surface area (Å²) in [5, 5.41) is 9.81. The third-order valence-corrected chi connectivity index (χ3v) is 2.15. The quantitative estimate of drug-likeness (QED) is 0.727. The molecule has 0 spiro atoms. The first kappa shape index (κ1) is 12.6. The highest BCUT2D eigenvalue weighted by molar-refractivity contribution is 5.84. The van der Waals surface area contributed by atoms with Crippen LogP contribution in [0.4, 0.5) is 0 Å². The van der Waals surface area contributed by atoms with Gasteiger partial charge in [-0.05, 0) is 27.3 Å². The Balaban J connectivity index is 2.82. The second-order valence-corrected chi connectivity index (χ2v) is 3.88. The summed E-state index contributed by atoms with van der Waals surface area (Å²) >= 11 is 0. The fourth-order valence-corrected chi connectivity index (χ4v) is 1.35. The standard InChI is InChI=1S/C10H18N4O2/c1-5-11-10(3,4)9-12-7(13-14-9)8(15)16-6-2/h11H,5-6H2,1-4H3,(H,12,13,14). The van der Waals surface area contributed by atoms with Gasteiger partial charge in [-0.1, -0.05) is 6.92 Å². The van der Waals surface area contributed by atoms with Crippen molar-refractivity contribution in [2.45, 2.75) is 33.2 Å². The first-order valence-electron chi connectivity index (χ1n) is 5.36. The molecule has 2 N–H and O–H groups in total. The molecule has 1 heterocycles. The first-order valence-corrected chi connectivity index (χ1v) is 5.36. The van der Waals surface area contributed by atoms with Crippen LogP contribution in [0.3, 0.4) is 0 Å². The molecule has 0 aromatic carbocycles. The summed E-state index contributed by atoms with van der Waals surface area (Å²) in [4.78, 5) is 15.5. The molecule has 0 saturated carbocycles. The van der Waals surface area contributed by atoms with E-state index in [-0.39, 0.29) is 11.4 Å². The predicted octanol–water partition coefficient (Wildman–Crippen LogP) is 0.826. The topological polar surface area (TPSA) is 79.9 Å². The molecule has 0 atom stereocenters. The Hall–Kier alpha value is -1.43. The number of ether oxygens (including phenoxy) is 1. The zero-order valence-corrected chi connectivity index (χ0v) is 10.1. The Kier molecular flexibility index (Phi) is 4.00. The first-order chi connectivity index (χ1) is 7.51. The van der Waals surface area contributed by atoms with Crippen LogP contribution in [0, 0.1) is 0 Å². The number of carbonyl (C=O) groups excluding carboxylic acids is 1. The second kappa shape index (κ2) is 5.07. The molecule has 0 unspecified atom stereocenters. The summed E-state index contributed by atoms with van der Waals surface area (Å²) in [6, 6.07) is 0. The molecule has 90 valence electrons. The molecule has 0 saturated heterocycles. The van der Waals surface area contributed by atoms with Crippen molar-refractivity contribution < 1.29 is 9.53 Å². The number of nitrogens with zero attached hydrogens (tertiary/aromatic N) is 2. The van der Waals surface area contributed by atoms with Crippen LogP contribution >= 0.6 is 0 Å². The van der Waals surface area contributed by atoms with Crippen molar-refractivity contribution in [3.63, 3.8) is 0 Å². The van der Waals surface area contributed by atoms with Crippen molar-refractivity contribution >= 4 is 5.97 Å². The summed E-state index contributed by atoms with van der Waals surface area (Å²) < 4.78 is 4.81. The number of hydrogen-bond acceptors (Lipinski definition) is 5. The Morgan fingerprint density at radius 3 is 2.75 bits per heavy atom. The van der Waals surface area contributed by atoms with Crippen molar-refractivity contribution in [1.82, 2.24) is 20.5 Å². The van der Waals surface area contributed by atoms with Gasteiger partial charge >= 0.3 is 5.97 Å². The maximum Gasteiger partial charge on any atom is 0.378 e. The minimum absolute atomic E-state index is 0.0721. The summed E-state index contributed by atoms with van der Waals surface area (Å²) in [6.07, 6.45) is 0. The Bertz CT molecular complexity index is 359. The smallest absolute Gasteiger partial charge is 0.378 e. The van der Waals surface area contributed by atoms with Gasteiger partial charge in [-0.3, -0.25) is 5.10 Å². The van der Waals surface area contributed by atoms with Gasteiger partial charge in [0, 0.05) is 0 Å². The van der Waals surface area contributed by atoms with E-state index in [9.17, 15) is 4.79 Å². The van der Waals surface area contributed by atoms with Crippen LogP contribution in [-0.2, 0) is 10.3 Å². The van der Waals surface area contributed by atoms with E-state index in [1.807, 2.05) is 20.8 Å². The summed E-state index contributed by atoms with van der Waals surface area (Å²) in [5.74, 6) is 0.192. The van der Waals surface area contributed by atoms with Gasteiger partial charge in [0.2, 0.25) is 0 Å². The molecule has 6 heteroatoms. The maximum atomic E-state index is 11.4.